The summed E-state index contributed by atoms with van der Waals surface area (Å²) in [5.74, 6) is -0.818. The number of rotatable bonds is 0. The Morgan fingerprint density at radius 3 is 2.17 bits per heavy atom. The van der Waals surface area contributed by atoms with Gasteiger partial charge in [0.1, 0.15) is 0 Å². The Kier molecular flexibility index (Phi) is 6.00. The molecular formula is C7H9ClMgO3. The van der Waals surface area contributed by atoms with Gasteiger partial charge in [-0.1, -0.05) is 5.76 Å². The molecule has 1 aliphatic rings. The van der Waals surface area contributed by atoms with Crippen molar-refractivity contribution >= 4 is 29.0 Å². The monoisotopic (exact) mass is 200 g/mol. The molecule has 1 aliphatic heterocycles. The Morgan fingerprint density at radius 1 is 1.33 bits per heavy atom. The molecule has 0 N–H and O–H groups in total. The Hall–Kier alpha value is 0.0662. The summed E-state index contributed by atoms with van der Waals surface area (Å²) in [6, 6.07) is 0. The molecule has 3 nitrogen and oxygen atoms in total. The van der Waals surface area contributed by atoms with Crippen LogP contribution in [0.1, 0.15) is 20.8 Å². The molecule has 64 valence electrons. The third-order valence-electron chi connectivity index (χ3n) is 1.02. The number of ether oxygens (including phenoxy) is 2. The van der Waals surface area contributed by atoms with E-state index in [0.29, 0.717) is 5.76 Å². The molecule has 1 rings (SSSR count). The molecular weight excluding hydrogens is 192 g/mol. The van der Waals surface area contributed by atoms with Gasteiger partial charge in [0, 0.05) is 13.8 Å². The van der Waals surface area contributed by atoms with Crippen LogP contribution in [-0.2, 0) is 14.3 Å². The van der Waals surface area contributed by atoms with Gasteiger partial charge in [0.2, 0.25) is 5.79 Å². The Bertz CT molecular complexity index is 201. The van der Waals surface area contributed by atoms with Crippen molar-refractivity contribution in [2.24, 2.45) is 0 Å². The quantitative estimate of drug-likeness (QED) is 0.249. The summed E-state index contributed by atoms with van der Waals surface area (Å²) in [5.41, 5.74) is 0. The first kappa shape index (κ1) is 14.6. The molecule has 0 spiro atoms. The standard InChI is InChI=1S/C7H9O3.ClH.Mg/c1-5-4-6(8)10-7(2,3)9-5;;/h1-3H3;1H;/q-1;;+2/p-1. The average molecular weight is 201 g/mol. The van der Waals surface area contributed by atoms with Crippen molar-refractivity contribution in [3.63, 3.8) is 0 Å². The summed E-state index contributed by atoms with van der Waals surface area (Å²) in [7, 11) is 0. The van der Waals surface area contributed by atoms with E-state index in [9.17, 15) is 4.79 Å². The normalized spacial score (nSPS) is 18.9. The van der Waals surface area contributed by atoms with E-state index < -0.39 is 11.8 Å². The Labute approximate surface area is 94.0 Å². The zero-order valence-electron chi connectivity index (χ0n) is 7.31. The van der Waals surface area contributed by atoms with Gasteiger partial charge in [0.05, 0.1) is 0 Å². The molecule has 5 heteroatoms. The molecule has 0 fully saturated rings. The van der Waals surface area contributed by atoms with Gasteiger partial charge >= 0.3 is 23.1 Å². The van der Waals surface area contributed by atoms with Crippen LogP contribution in [0.3, 0.4) is 0 Å². The minimum Gasteiger partial charge on any atom is -1.00 e. The second kappa shape index (κ2) is 4.94. The van der Waals surface area contributed by atoms with E-state index in [1.807, 2.05) is 0 Å². The molecule has 1 heterocycles. The predicted octanol–water partition coefficient (Wildman–Crippen LogP) is -2.37. The topological polar surface area (TPSA) is 35.5 Å². The van der Waals surface area contributed by atoms with Crippen LogP contribution in [0.2, 0.25) is 0 Å². The number of cyclic esters (lactones) is 1. The van der Waals surface area contributed by atoms with Crippen molar-refractivity contribution in [3.05, 3.63) is 11.8 Å². The molecule has 0 radical (unpaired) electrons. The zero-order chi connectivity index (χ0) is 7.78. The van der Waals surface area contributed by atoms with Crippen LogP contribution >= 0.6 is 0 Å². The fourth-order valence-electron chi connectivity index (χ4n) is 0.808. The molecule has 0 saturated carbocycles. The van der Waals surface area contributed by atoms with Crippen LogP contribution in [0, 0.1) is 6.08 Å². The minimum absolute atomic E-state index is 0. The number of carbonyl (C=O) groups is 1. The molecule has 0 bridgehead atoms. The Morgan fingerprint density at radius 2 is 1.83 bits per heavy atom. The maximum absolute atomic E-state index is 10.7. The molecule has 0 saturated heterocycles. The van der Waals surface area contributed by atoms with Gasteiger partial charge in [-0.15, -0.1) is 0 Å². The van der Waals surface area contributed by atoms with Crippen molar-refractivity contribution in [1.29, 1.82) is 0 Å². The second-order valence-electron chi connectivity index (χ2n) is 2.57. The van der Waals surface area contributed by atoms with Crippen molar-refractivity contribution in [2.75, 3.05) is 0 Å². The summed E-state index contributed by atoms with van der Waals surface area (Å²) in [6.45, 7) is 5.02. The second-order valence-corrected chi connectivity index (χ2v) is 2.57. The molecule has 0 aliphatic carbocycles. The number of halogens is 1. The van der Waals surface area contributed by atoms with Gasteiger partial charge < -0.3 is 28.0 Å². The van der Waals surface area contributed by atoms with Crippen molar-refractivity contribution in [1.82, 2.24) is 0 Å². The molecule has 0 atom stereocenters. The number of hydrogen-bond donors (Lipinski definition) is 0. The van der Waals surface area contributed by atoms with Crippen molar-refractivity contribution < 1.29 is 26.7 Å². The molecule has 0 aromatic carbocycles. The summed E-state index contributed by atoms with van der Waals surface area (Å²) < 4.78 is 9.86. The van der Waals surface area contributed by atoms with Crippen LogP contribution in [0.5, 0.6) is 0 Å². The van der Waals surface area contributed by atoms with Crippen LogP contribution in [0.25, 0.3) is 0 Å². The summed E-state index contributed by atoms with van der Waals surface area (Å²) >= 11 is 0. The van der Waals surface area contributed by atoms with Crippen LogP contribution in [0.15, 0.2) is 5.76 Å². The third-order valence-corrected chi connectivity index (χ3v) is 1.02. The third kappa shape index (κ3) is 4.18. The molecule has 0 aromatic heterocycles. The predicted molar refractivity (Wildman–Crippen MR) is 39.4 cm³/mol. The number of allylic oxidation sites excluding steroid dienone is 1. The van der Waals surface area contributed by atoms with E-state index in [4.69, 9.17) is 9.47 Å². The molecule has 12 heavy (non-hydrogen) atoms. The van der Waals surface area contributed by atoms with Gasteiger partial charge in [-0.25, -0.2) is 0 Å². The van der Waals surface area contributed by atoms with Gasteiger partial charge in [-0.3, -0.25) is 4.79 Å². The number of esters is 1. The number of carbonyl (C=O) groups excluding carboxylic acids is 1. The fraction of sp³-hybridized carbons (Fsp3) is 0.571. The maximum atomic E-state index is 10.7. The summed E-state index contributed by atoms with van der Waals surface area (Å²) in [5, 5.41) is 0. The Balaban J connectivity index is 0. The van der Waals surface area contributed by atoms with Gasteiger partial charge in [0.25, 0.3) is 0 Å². The number of hydrogen-bond acceptors (Lipinski definition) is 3. The minimum atomic E-state index is -0.827. The van der Waals surface area contributed by atoms with Crippen LogP contribution in [0.4, 0.5) is 0 Å². The molecule has 0 amide bonds. The van der Waals surface area contributed by atoms with E-state index >= 15 is 0 Å². The van der Waals surface area contributed by atoms with Crippen LogP contribution < -0.4 is 12.4 Å². The molecule has 0 unspecified atom stereocenters. The van der Waals surface area contributed by atoms with Crippen molar-refractivity contribution in [2.45, 2.75) is 26.6 Å². The van der Waals surface area contributed by atoms with Crippen LogP contribution in [-0.4, -0.2) is 34.8 Å². The first-order valence-corrected chi connectivity index (χ1v) is 3.02. The first-order chi connectivity index (χ1) is 4.49. The van der Waals surface area contributed by atoms with E-state index in [0.717, 1.165) is 0 Å². The van der Waals surface area contributed by atoms with E-state index in [2.05, 4.69) is 6.08 Å². The molecule has 0 aromatic rings. The van der Waals surface area contributed by atoms with E-state index in [-0.39, 0.29) is 35.5 Å². The van der Waals surface area contributed by atoms with E-state index in [1.54, 1.807) is 20.8 Å². The van der Waals surface area contributed by atoms with Gasteiger partial charge in [-0.2, -0.15) is 0 Å². The largest absolute Gasteiger partial charge is 2.00 e. The summed E-state index contributed by atoms with van der Waals surface area (Å²) in [6.07, 6.45) is 2.37. The summed E-state index contributed by atoms with van der Waals surface area (Å²) in [4.78, 5) is 10.7. The average Bonchev–Trinajstić information content (AvgIpc) is 1.54. The van der Waals surface area contributed by atoms with E-state index in [1.165, 1.54) is 0 Å². The fourth-order valence-corrected chi connectivity index (χ4v) is 0.808. The van der Waals surface area contributed by atoms with Gasteiger partial charge in [0.15, 0.2) is 5.97 Å². The maximum Gasteiger partial charge on any atom is 2.00 e. The zero-order valence-corrected chi connectivity index (χ0v) is 9.48. The first-order valence-electron chi connectivity index (χ1n) is 3.02. The smallest absolute Gasteiger partial charge is 1.00 e. The SMILES string of the molecule is CC1=[C-]C(=O)OC(C)(C)O1.[Cl-].[Mg+2]. The van der Waals surface area contributed by atoms with Gasteiger partial charge in [-0.05, 0) is 6.92 Å². The van der Waals surface area contributed by atoms with Crippen molar-refractivity contribution in [3.8, 4) is 0 Å².